The Balaban J connectivity index is 1.34. The molecule has 10 heteroatoms. The molecule has 3 aromatic rings. The molecule has 0 saturated heterocycles. The van der Waals surface area contributed by atoms with Gasteiger partial charge in [-0.05, 0) is 48.2 Å². The first-order valence-corrected chi connectivity index (χ1v) is 12.5. The number of fused-ring (bicyclic) bond motifs is 2. The van der Waals surface area contributed by atoms with Crippen LogP contribution in [0, 0.1) is 0 Å². The molecule has 0 radical (unpaired) electrons. The number of nitrogens with one attached hydrogen (secondary N) is 1. The summed E-state index contributed by atoms with van der Waals surface area (Å²) >= 11 is 0. The number of sulfonamides is 1. The highest BCUT2D eigenvalue weighted by atomic mass is 32.2. The molecule has 2 heterocycles. The Labute approximate surface area is 197 Å². The fourth-order valence-electron chi connectivity index (χ4n) is 3.98. The van der Waals surface area contributed by atoms with Gasteiger partial charge in [-0.25, -0.2) is 8.42 Å². The molecule has 0 atom stereocenters. The van der Waals surface area contributed by atoms with Crippen LogP contribution in [-0.4, -0.2) is 51.7 Å². The van der Waals surface area contributed by atoms with E-state index in [9.17, 15) is 18.0 Å². The molecule has 0 fully saturated rings. The molecule has 34 heavy (non-hydrogen) atoms. The zero-order valence-corrected chi connectivity index (χ0v) is 19.8. The first-order chi connectivity index (χ1) is 16.3. The lowest BCUT2D eigenvalue weighted by atomic mass is 10.0. The predicted octanol–water partition coefficient (Wildman–Crippen LogP) is 2.32. The van der Waals surface area contributed by atoms with Crippen LogP contribution in [0.2, 0.25) is 0 Å². The molecule has 1 aliphatic rings. The van der Waals surface area contributed by atoms with Gasteiger partial charge in [-0.3, -0.25) is 9.59 Å². The lowest BCUT2D eigenvalue weighted by molar-refractivity contribution is 0.0926. The van der Waals surface area contributed by atoms with Crippen LogP contribution in [0.5, 0.6) is 11.5 Å². The lowest BCUT2D eigenvalue weighted by Gasteiger charge is -2.29. The smallest absolute Gasteiger partial charge is 0.287 e. The maximum Gasteiger partial charge on any atom is 0.287 e. The minimum absolute atomic E-state index is 0.108. The number of amides is 1. The molecule has 0 unspecified atom stereocenters. The molecule has 0 saturated carbocycles. The van der Waals surface area contributed by atoms with E-state index >= 15 is 0 Å². The van der Waals surface area contributed by atoms with Crippen molar-refractivity contribution < 1.29 is 27.1 Å². The summed E-state index contributed by atoms with van der Waals surface area (Å²) in [7, 11) is -0.416. The van der Waals surface area contributed by atoms with Gasteiger partial charge in [-0.1, -0.05) is 12.1 Å². The number of rotatable bonds is 8. The fourth-order valence-corrected chi connectivity index (χ4v) is 5.46. The van der Waals surface area contributed by atoms with Crippen molar-refractivity contribution >= 4 is 26.9 Å². The van der Waals surface area contributed by atoms with Gasteiger partial charge >= 0.3 is 0 Å². The SMILES string of the molecule is COc1cc2c(cc1OC)CN(S(=O)(=O)CCCNC(=O)c1cc(=O)c3ccccc3o1)CC2. The van der Waals surface area contributed by atoms with Gasteiger partial charge in [0, 0.05) is 25.7 Å². The average molecular weight is 487 g/mol. The zero-order valence-electron chi connectivity index (χ0n) is 19.0. The summed E-state index contributed by atoms with van der Waals surface area (Å²) in [4.78, 5) is 24.6. The predicted molar refractivity (Wildman–Crippen MR) is 127 cm³/mol. The van der Waals surface area contributed by atoms with Gasteiger partial charge in [0.15, 0.2) is 22.7 Å². The molecule has 0 bridgehead atoms. The molecule has 1 aliphatic heterocycles. The van der Waals surface area contributed by atoms with Crippen LogP contribution in [0.3, 0.4) is 0 Å². The monoisotopic (exact) mass is 486 g/mol. The average Bonchev–Trinajstić information content (AvgIpc) is 2.85. The summed E-state index contributed by atoms with van der Waals surface area (Å²) < 4.78 is 43.4. The van der Waals surface area contributed by atoms with Gasteiger partial charge in [0.1, 0.15) is 5.58 Å². The third-order valence-electron chi connectivity index (χ3n) is 5.80. The maximum absolute atomic E-state index is 12.9. The van der Waals surface area contributed by atoms with Crippen molar-refractivity contribution in [3.8, 4) is 11.5 Å². The van der Waals surface area contributed by atoms with Crippen LogP contribution in [0.1, 0.15) is 28.1 Å². The molecule has 180 valence electrons. The number of hydrogen-bond donors (Lipinski definition) is 1. The zero-order chi connectivity index (χ0) is 24.3. The normalized spacial score (nSPS) is 13.9. The Bertz CT molecular complexity index is 1380. The van der Waals surface area contributed by atoms with E-state index in [0.717, 1.165) is 17.2 Å². The van der Waals surface area contributed by atoms with Crippen LogP contribution < -0.4 is 20.2 Å². The van der Waals surface area contributed by atoms with Crippen molar-refractivity contribution in [2.75, 3.05) is 33.1 Å². The van der Waals surface area contributed by atoms with Gasteiger partial charge in [0.05, 0.1) is 25.4 Å². The van der Waals surface area contributed by atoms with Crippen molar-refractivity contribution in [2.45, 2.75) is 19.4 Å². The Morgan fingerprint density at radius 3 is 2.53 bits per heavy atom. The molecule has 1 N–H and O–H groups in total. The van der Waals surface area contributed by atoms with Crippen molar-refractivity contribution in [3.63, 3.8) is 0 Å². The van der Waals surface area contributed by atoms with E-state index in [0.29, 0.717) is 35.4 Å². The second-order valence-corrected chi connectivity index (χ2v) is 10.0. The van der Waals surface area contributed by atoms with Crippen molar-refractivity contribution in [1.82, 2.24) is 9.62 Å². The molecule has 4 rings (SSSR count). The van der Waals surface area contributed by atoms with Crippen LogP contribution in [0.4, 0.5) is 0 Å². The van der Waals surface area contributed by atoms with Crippen molar-refractivity contribution in [2.24, 2.45) is 0 Å². The van der Waals surface area contributed by atoms with Crippen LogP contribution in [0.25, 0.3) is 11.0 Å². The summed E-state index contributed by atoms with van der Waals surface area (Å²) in [6, 6.07) is 11.5. The highest BCUT2D eigenvalue weighted by molar-refractivity contribution is 7.89. The van der Waals surface area contributed by atoms with E-state index in [1.807, 2.05) is 12.1 Å². The van der Waals surface area contributed by atoms with Crippen molar-refractivity contribution in [1.29, 1.82) is 0 Å². The summed E-state index contributed by atoms with van der Waals surface area (Å²) in [6.07, 6.45) is 0.799. The Hall–Kier alpha value is -3.37. The molecular weight excluding hydrogens is 460 g/mol. The standard InChI is InChI=1S/C24H26N2O7S/c1-31-21-12-16-8-10-26(15-17(16)13-22(21)32-2)34(29,30)11-5-9-25-24(28)23-14-19(27)18-6-3-4-7-20(18)33-23/h3-4,6-7,12-14H,5,8-11,15H2,1-2H3,(H,25,28). The van der Waals surface area contributed by atoms with E-state index in [2.05, 4.69) is 5.32 Å². The number of hydrogen-bond acceptors (Lipinski definition) is 7. The molecule has 1 amide bonds. The summed E-state index contributed by atoms with van der Waals surface area (Å²) in [5.74, 6) is 0.397. The summed E-state index contributed by atoms with van der Waals surface area (Å²) in [5.41, 5.74) is 1.93. The van der Waals surface area contributed by atoms with E-state index in [1.165, 1.54) is 4.31 Å². The summed E-state index contributed by atoms with van der Waals surface area (Å²) in [6.45, 7) is 0.760. The molecule has 0 spiro atoms. The van der Waals surface area contributed by atoms with E-state index < -0.39 is 15.9 Å². The van der Waals surface area contributed by atoms with Gasteiger partial charge in [-0.2, -0.15) is 4.31 Å². The van der Waals surface area contributed by atoms with Gasteiger partial charge < -0.3 is 19.2 Å². The van der Waals surface area contributed by atoms with Gasteiger partial charge in [-0.15, -0.1) is 0 Å². The molecule has 1 aromatic heterocycles. The Morgan fingerprint density at radius 1 is 1.09 bits per heavy atom. The summed E-state index contributed by atoms with van der Waals surface area (Å²) in [5, 5.41) is 3.02. The minimum Gasteiger partial charge on any atom is -0.493 e. The number of methoxy groups -OCH3 is 2. The van der Waals surface area contributed by atoms with Crippen LogP contribution in [0.15, 0.2) is 51.7 Å². The minimum atomic E-state index is -3.52. The number of ether oxygens (including phenoxy) is 2. The highest BCUT2D eigenvalue weighted by Crippen LogP contribution is 2.33. The first kappa shape index (κ1) is 23.8. The molecule has 0 aliphatic carbocycles. The van der Waals surface area contributed by atoms with E-state index in [1.54, 1.807) is 38.5 Å². The lowest BCUT2D eigenvalue weighted by Crippen LogP contribution is -2.38. The second-order valence-electron chi connectivity index (χ2n) is 7.96. The third-order valence-corrected chi connectivity index (χ3v) is 7.70. The topological polar surface area (TPSA) is 115 Å². The molecule has 9 nitrogen and oxygen atoms in total. The Kier molecular flexibility index (Phi) is 6.90. The second kappa shape index (κ2) is 9.86. The van der Waals surface area contributed by atoms with Crippen LogP contribution >= 0.6 is 0 Å². The third kappa shape index (κ3) is 4.92. The van der Waals surface area contributed by atoms with E-state index in [-0.39, 0.29) is 36.5 Å². The number of benzene rings is 2. The van der Waals surface area contributed by atoms with Crippen molar-refractivity contribution in [3.05, 3.63) is 69.6 Å². The van der Waals surface area contributed by atoms with Crippen LogP contribution in [-0.2, 0) is 23.0 Å². The number of carbonyl (C=O) groups is 1. The number of nitrogens with zero attached hydrogens (tertiary/aromatic N) is 1. The largest absolute Gasteiger partial charge is 0.493 e. The molecule has 2 aromatic carbocycles. The molecular formula is C24H26N2O7S. The first-order valence-electron chi connectivity index (χ1n) is 10.8. The highest BCUT2D eigenvalue weighted by Gasteiger charge is 2.27. The number of carbonyl (C=O) groups excluding carboxylic acids is 1. The fraction of sp³-hybridized carbons (Fsp3) is 0.333. The number of para-hydroxylation sites is 1. The van der Waals surface area contributed by atoms with E-state index in [4.69, 9.17) is 13.9 Å². The van der Waals surface area contributed by atoms with Gasteiger partial charge in [0.25, 0.3) is 5.91 Å². The quantitative estimate of drug-likeness (QED) is 0.486. The maximum atomic E-state index is 12.9. The Morgan fingerprint density at radius 2 is 1.79 bits per heavy atom. The van der Waals surface area contributed by atoms with Gasteiger partial charge in [0.2, 0.25) is 10.0 Å².